The zero-order valence-electron chi connectivity index (χ0n) is 14.2. The molecule has 0 radical (unpaired) electrons. The van der Waals surface area contributed by atoms with E-state index >= 15 is 0 Å². The number of aromatic nitrogens is 1. The molecule has 1 N–H and O–H groups in total. The summed E-state index contributed by atoms with van der Waals surface area (Å²) >= 11 is 6.24. The Morgan fingerprint density at radius 1 is 1.16 bits per heavy atom. The van der Waals surface area contributed by atoms with E-state index in [9.17, 15) is 5.21 Å². The molecular weight excluding hydrogens is 334 g/mol. The minimum atomic E-state index is 0.545. The molecule has 0 spiro atoms. The highest BCUT2D eigenvalue weighted by Gasteiger charge is 2.27. The summed E-state index contributed by atoms with van der Waals surface area (Å²) in [5.74, 6) is 0. The van der Waals surface area contributed by atoms with E-state index in [0.29, 0.717) is 17.2 Å². The third kappa shape index (κ3) is 2.96. The van der Waals surface area contributed by atoms with E-state index in [1.165, 1.54) is 11.1 Å². The van der Waals surface area contributed by atoms with Crippen LogP contribution >= 0.6 is 11.6 Å². The first-order valence-corrected chi connectivity index (χ1v) is 8.91. The van der Waals surface area contributed by atoms with Crippen LogP contribution in [0.15, 0.2) is 47.3 Å². The van der Waals surface area contributed by atoms with Crippen LogP contribution in [0.1, 0.15) is 35.2 Å². The summed E-state index contributed by atoms with van der Waals surface area (Å²) in [4.78, 5) is 7.05. The number of hydrogen-bond acceptors (Lipinski definition) is 4. The molecule has 0 unspecified atom stereocenters. The highest BCUT2D eigenvalue weighted by molar-refractivity contribution is 6.31. The summed E-state index contributed by atoms with van der Waals surface area (Å²) in [6.07, 6.45) is 4.43. The number of pyridine rings is 1. The predicted octanol–water partition coefficient (Wildman–Crippen LogP) is 4.00. The molecule has 1 aliphatic heterocycles. The largest absolute Gasteiger partial charge is 0.411 e. The van der Waals surface area contributed by atoms with Crippen LogP contribution < -0.4 is 0 Å². The van der Waals surface area contributed by atoms with Crippen molar-refractivity contribution < 1.29 is 5.21 Å². The van der Waals surface area contributed by atoms with Crippen molar-refractivity contribution >= 4 is 22.9 Å². The van der Waals surface area contributed by atoms with Crippen LogP contribution in [-0.4, -0.2) is 40.9 Å². The van der Waals surface area contributed by atoms with Gasteiger partial charge in [0.1, 0.15) is 0 Å². The van der Waals surface area contributed by atoms with E-state index < -0.39 is 0 Å². The van der Waals surface area contributed by atoms with Gasteiger partial charge in [0.05, 0.1) is 11.4 Å². The van der Waals surface area contributed by atoms with E-state index in [4.69, 9.17) is 16.6 Å². The number of rotatable bonds is 0. The first-order chi connectivity index (χ1) is 12.2. The first kappa shape index (κ1) is 16.3. The standard InChI is InChI=1S/C20H20ClN3O/c1-24-9-6-13(7-10-24)19-16-5-4-15(21)12-17(16)18(23-25)11-14-3-2-8-22-20(14)19/h2-5,8,12,25H,6-7,9-11H2,1H3. The zero-order chi connectivity index (χ0) is 17.4. The lowest BCUT2D eigenvalue weighted by atomic mass is 9.88. The van der Waals surface area contributed by atoms with Gasteiger partial charge in [-0.05, 0) is 49.2 Å². The normalized spacial score (nSPS) is 19.5. The lowest BCUT2D eigenvalue weighted by molar-refractivity contribution is 0.313. The molecule has 1 saturated heterocycles. The zero-order valence-corrected chi connectivity index (χ0v) is 14.9. The van der Waals surface area contributed by atoms with E-state index in [1.54, 1.807) is 0 Å². The Morgan fingerprint density at radius 2 is 1.96 bits per heavy atom. The third-order valence-electron chi connectivity index (χ3n) is 5.11. The second-order valence-electron chi connectivity index (χ2n) is 6.71. The van der Waals surface area contributed by atoms with Gasteiger partial charge in [0.25, 0.3) is 0 Å². The van der Waals surface area contributed by atoms with Crippen LogP contribution in [0.5, 0.6) is 0 Å². The molecule has 2 aromatic rings. The predicted molar refractivity (Wildman–Crippen MR) is 100 cm³/mol. The summed E-state index contributed by atoms with van der Waals surface area (Å²) in [5.41, 5.74) is 7.29. The molecular formula is C20H20ClN3O. The maximum absolute atomic E-state index is 9.61. The second-order valence-corrected chi connectivity index (χ2v) is 7.14. The van der Waals surface area contributed by atoms with Crippen molar-refractivity contribution in [2.24, 2.45) is 5.16 Å². The van der Waals surface area contributed by atoms with Gasteiger partial charge in [0, 0.05) is 41.9 Å². The molecule has 1 aromatic carbocycles. The second kappa shape index (κ2) is 6.62. The van der Waals surface area contributed by atoms with Crippen molar-refractivity contribution in [1.82, 2.24) is 9.88 Å². The Kier molecular flexibility index (Phi) is 4.32. The van der Waals surface area contributed by atoms with E-state index in [1.807, 2.05) is 30.5 Å². The van der Waals surface area contributed by atoms with Gasteiger partial charge >= 0.3 is 0 Å². The van der Waals surface area contributed by atoms with Crippen molar-refractivity contribution in [3.8, 4) is 0 Å². The summed E-state index contributed by atoms with van der Waals surface area (Å²) in [5, 5.41) is 13.8. The smallest absolute Gasteiger partial charge is 0.0919 e. The third-order valence-corrected chi connectivity index (χ3v) is 5.35. The molecule has 2 heterocycles. The van der Waals surface area contributed by atoms with Gasteiger partial charge in [-0.1, -0.05) is 34.5 Å². The number of fused-ring (bicyclic) bond motifs is 2. The molecule has 0 saturated carbocycles. The average molecular weight is 354 g/mol. The fourth-order valence-corrected chi connectivity index (χ4v) is 3.94. The van der Waals surface area contributed by atoms with Gasteiger partial charge < -0.3 is 10.1 Å². The van der Waals surface area contributed by atoms with Crippen LogP contribution in [0.2, 0.25) is 5.02 Å². The minimum absolute atomic E-state index is 0.545. The van der Waals surface area contributed by atoms with E-state index in [2.05, 4.69) is 23.2 Å². The Bertz CT molecular complexity index is 878. The highest BCUT2D eigenvalue weighted by atomic mass is 35.5. The van der Waals surface area contributed by atoms with Crippen LogP contribution in [0.25, 0.3) is 5.57 Å². The molecule has 1 aromatic heterocycles. The molecule has 1 aliphatic carbocycles. The number of piperidine rings is 1. The van der Waals surface area contributed by atoms with Crippen molar-refractivity contribution in [2.45, 2.75) is 19.3 Å². The van der Waals surface area contributed by atoms with Gasteiger partial charge in [0.2, 0.25) is 0 Å². The Balaban J connectivity index is 2.01. The van der Waals surface area contributed by atoms with Crippen LogP contribution in [-0.2, 0) is 6.42 Å². The number of nitrogens with zero attached hydrogens (tertiary/aromatic N) is 3. The Morgan fingerprint density at radius 3 is 2.72 bits per heavy atom. The average Bonchev–Trinajstić information content (AvgIpc) is 2.76. The molecule has 0 amide bonds. The number of oxime groups is 1. The lowest BCUT2D eigenvalue weighted by Gasteiger charge is -2.27. The maximum Gasteiger partial charge on any atom is 0.0919 e. The maximum atomic E-state index is 9.61. The van der Waals surface area contributed by atoms with E-state index in [-0.39, 0.29) is 0 Å². The number of likely N-dealkylation sites (tertiary alicyclic amines) is 1. The number of benzene rings is 1. The van der Waals surface area contributed by atoms with Gasteiger partial charge in [0.15, 0.2) is 0 Å². The minimum Gasteiger partial charge on any atom is -0.411 e. The van der Waals surface area contributed by atoms with Gasteiger partial charge in [-0.2, -0.15) is 0 Å². The Hall–Kier alpha value is -2.17. The molecule has 4 nitrogen and oxygen atoms in total. The van der Waals surface area contributed by atoms with Gasteiger partial charge in [-0.15, -0.1) is 0 Å². The molecule has 4 rings (SSSR count). The molecule has 0 bridgehead atoms. The van der Waals surface area contributed by atoms with Crippen LogP contribution in [0.4, 0.5) is 0 Å². The SMILES string of the molecule is CN1CCC(=C2c3ccc(Cl)cc3C(=NO)Cc3cccnc32)CC1. The first-order valence-electron chi connectivity index (χ1n) is 8.53. The topological polar surface area (TPSA) is 48.7 Å². The molecule has 2 aliphatic rings. The van der Waals surface area contributed by atoms with Crippen molar-refractivity contribution in [2.75, 3.05) is 20.1 Å². The number of halogens is 1. The quantitative estimate of drug-likeness (QED) is 0.575. The molecule has 0 atom stereocenters. The van der Waals surface area contributed by atoms with Crippen molar-refractivity contribution in [3.63, 3.8) is 0 Å². The van der Waals surface area contributed by atoms with Crippen LogP contribution in [0, 0.1) is 0 Å². The molecule has 128 valence electrons. The molecule has 25 heavy (non-hydrogen) atoms. The molecule has 5 heteroatoms. The summed E-state index contributed by atoms with van der Waals surface area (Å²) in [6, 6.07) is 9.84. The van der Waals surface area contributed by atoms with E-state index in [0.717, 1.165) is 48.3 Å². The fraction of sp³-hybridized carbons (Fsp3) is 0.300. The fourth-order valence-electron chi connectivity index (χ4n) is 3.77. The summed E-state index contributed by atoms with van der Waals surface area (Å²) in [6.45, 7) is 2.09. The molecule has 1 fully saturated rings. The van der Waals surface area contributed by atoms with Gasteiger partial charge in [-0.25, -0.2) is 0 Å². The summed E-state index contributed by atoms with van der Waals surface area (Å²) < 4.78 is 0. The monoisotopic (exact) mass is 353 g/mol. The Labute approximate surface area is 152 Å². The van der Waals surface area contributed by atoms with Gasteiger partial charge in [-0.3, -0.25) is 4.98 Å². The highest BCUT2D eigenvalue weighted by Crippen LogP contribution is 2.38. The lowest BCUT2D eigenvalue weighted by Crippen LogP contribution is -2.27. The number of hydrogen-bond donors (Lipinski definition) is 1. The van der Waals surface area contributed by atoms with Crippen molar-refractivity contribution in [1.29, 1.82) is 0 Å². The van der Waals surface area contributed by atoms with Crippen LogP contribution in [0.3, 0.4) is 0 Å². The summed E-state index contributed by atoms with van der Waals surface area (Å²) in [7, 11) is 2.16. The van der Waals surface area contributed by atoms with Crippen molar-refractivity contribution in [3.05, 3.63) is 69.5 Å².